The number of nitrogen functional groups attached to an aromatic ring is 1. The third-order valence-corrected chi connectivity index (χ3v) is 4.45. The van der Waals surface area contributed by atoms with E-state index in [9.17, 15) is 9.18 Å². The minimum atomic E-state index is -0.532. The first-order valence-electron chi connectivity index (χ1n) is 6.85. The van der Waals surface area contributed by atoms with Crippen molar-refractivity contribution in [1.29, 1.82) is 0 Å². The number of benzene rings is 1. The van der Waals surface area contributed by atoms with Gasteiger partial charge < -0.3 is 10.6 Å². The summed E-state index contributed by atoms with van der Waals surface area (Å²) in [5.74, 6) is -0.753. The van der Waals surface area contributed by atoms with Crippen LogP contribution in [-0.2, 0) is 0 Å². The minimum absolute atomic E-state index is 0.122. The molecule has 3 nitrogen and oxygen atoms in total. The fourth-order valence-corrected chi connectivity index (χ4v) is 2.81. The summed E-state index contributed by atoms with van der Waals surface area (Å²) in [6, 6.07) is 4.25. The first-order valence-corrected chi connectivity index (χ1v) is 6.85. The highest BCUT2D eigenvalue weighted by Gasteiger charge is 2.37. The molecule has 0 aliphatic carbocycles. The van der Waals surface area contributed by atoms with Gasteiger partial charge in [-0.2, -0.15) is 0 Å². The molecule has 2 N–H and O–H groups in total. The van der Waals surface area contributed by atoms with Crippen LogP contribution in [0, 0.1) is 11.2 Å². The molecule has 0 unspecified atom stereocenters. The topological polar surface area (TPSA) is 46.3 Å². The molecule has 1 aliphatic heterocycles. The van der Waals surface area contributed by atoms with Crippen LogP contribution in [0.2, 0.25) is 0 Å². The number of hydrogen-bond acceptors (Lipinski definition) is 2. The number of nitrogens with zero attached hydrogens (tertiary/aromatic N) is 1. The maximum Gasteiger partial charge on any atom is 0.256 e. The number of carbonyl (C=O) groups excluding carboxylic acids is 1. The number of likely N-dealkylation sites (tertiary alicyclic amines) is 1. The molecule has 2 rings (SSSR count). The molecule has 0 spiro atoms. The molecule has 0 aromatic heterocycles. The van der Waals surface area contributed by atoms with Crippen LogP contribution in [0.1, 0.15) is 43.5 Å². The van der Waals surface area contributed by atoms with Crippen molar-refractivity contribution in [1.82, 2.24) is 4.90 Å². The molecule has 0 bridgehead atoms. The Kier molecular flexibility index (Phi) is 3.78. The van der Waals surface area contributed by atoms with Gasteiger partial charge in [0, 0.05) is 18.8 Å². The van der Waals surface area contributed by atoms with Crippen LogP contribution in [0.5, 0.6) is 0 Å². The quantitative estimate of drug-likeness (QED) is 0.853. The molecule has 4 heteroatoms. The van der Waals surface area contributed by atoms with Crippen LogP contribution in [0.25, 0.3) is 0 Å². The van der Waals surface area contributed by atoms with Crippen LogP contribution in [0.3, 0.4) is 0 Å². The van der Waals surface area contributed by atoms with Gasteiger partial charge in [0.05, 0.1) is 5.56 Å². The molecule has 1 heterocycles. The van der Waals surface area contributed by atoms with E-state index < -0.39 is 5.82 Å². The van der Waals surface area contributed by atoms with Gasteiger partial charge in [0.25, 0.3) is 5.91 Å². The molecule has 1 amide bonds. The Morgan fingerprint density at radius 2 is 2.11 bits per heavy atom. The highest BCUT2D eigenvalue weighted by molar-refractivity contribution is 5.95. The highest BCUT2D eigenvalue weighted by Crippen LogP contribution is 2.37. The van der Waals surface area contributed by atoms with Gasteiger partial charge in [0.1, 0.15) is 5.82 Å². The largest absolute Gasteiger partial charge is 0.399 e. The zero-order valence-corrected chi connectivity index (χ0v) is 11.6. The van der Waals surface area contributed by atoms with E-state index in [2.05, 4.69) is 13.8 Å². The molecule has 0 radical (unpaired) electrons. The normalized spacial score (nSPS) is 17.7. The van der Waals surface area contributed by atoms with Gasteiger partial charge in [0.2, 0.25) is 0 Å². The first-order chi connectivity index (χ1) is 9.01. The monoisotopic (exact) mass is 264 g/mol. The van der Waals surface area contributed by atoms with Crippen LogP contribution in [0.15, 0.2) is 18.2 Å². The average molecular weight is 264 g/mol. The molecule has 1 aromatic carbocycles. The molecule has 104 valence electrons. The third kappa shape index (κ3) is 2.57. The second-order valence-corrected chi connectivity index (χ2v) is 5.42. The zero-order valence-electron chi connectivity index (χ0n) is 11.6. The molecule has 1 saturated heterocycles. The van der Waals surface area contributed by atoms with E-state index in [1.165, 1.54) is 12.1 Å². The summed E-state index contributed by atoms with van der Waals surface area (Å²) in [6.45, 7) is 5.75. The summed E-state index contributed by atoms with van der Waals surface area (Å²) < 4.78 is 13.8. The fourth-order valence-electron chi connectivity index (χ4n) is 2.81. The first kappa shape index (κ1) is 13.8. The predicted molar refractivity (Wildman–Crippen MR) is 74.3 cm³/mol. The fraction of sp³-hybridized carbons (Fsp3) is 0.533. The van der Waals surface area contributed by atoms with Crippen LogP contribution in [0.4, 0.5) is 10.1 Å². The molecule has 19 heavy (non-hydrogen) atoms. The van der Waals surface area contributed by atoms with Crippen LogP contribution < -0.4 is 5.73 Å². The maximum absolute atomic E-state index is 13.8. The average Bonchev–Trinajstić information content (AvgIpc) is 2.83. The molecular weight excluding hydrogens is 243 g/mol. The standard InChI is InChI=1S/C15H21FN2O/c1-3-15(4-2)7-8-18(10-15)14(19)12-6-5-11(17)9-13(12)16/h5-6,9H,3-4,7-8,10,17H2,1-2H3. The molecule has 1 fully saturated rings. The smallest absolute Gasteiger partial charge is 0.256 e. The minimum Gasteiger partial charge on any atom is -0.399 e. The predicted octanol–water partition coefficient (Wildman–Crippen LogP) is 3.06. The second kappa shape index (κ2) is 5.19. The molecule has 0 atom stereocenters. The van der Waals surface area contributed by atoms with E-state index in [0.29, 0.717) is 12.2 Å². The van der Waals surface area contributed by atoms with Gasteiger partial charge in [-0.1, -0.05) is 13.8 Å². The number of hydrogen-bond donors (Lipinski definition) is 1. The molecule has 0 saturated carbocycles. The van der Waals surface area contributed by atoms with Gasteiger partial charge in [-0.3, -0.25) is 4.79 Å². The Hall–Kier alpha value is -1.58. The Morgan fingerprint density at radius 1 is 1.42 bits per heavy atom. The summed E-state index contributed by atoms with van der Waals surface area (Å²) in [7, 11) is 0. The summed E-state index contributed by atoms with van der Waals surface area (Å²) in [4.78, 5) is 14.1. The lowest BCUT2D eigenvalue weighted by atomic mass is 9.82. The number of halogens is 1. The van der Waals surface area contributed by atoms with Crippen molar-refractivity contribution in [3.8, 4) is 0 Å². The van der Waals surface area contributed by atoms with Gasteiger partial charge >= 0.3 is 0 Å². The van der Waals surface area contributed by atoms with E-state index in [0.717, 1.165) is 25.8 Å². The number of nitrogens with two attached hydrogens (primary N) is 1. The number of anilines is 1. The van der Waals surface area contributed by atoms with E-state index in [1.54, 1.807) is 11.0 Å². The zero-order chi connectivity index (χ0) is 14.0. The summed E-state index contributed by atoms with van der Waals surface area (Å²) in [5.41, 5.74) is 6.17. The van der Waals surface area contributed by atoms with Crippen molar-refractivity contribution in [2.75, 3.05) is 18.8 Å². The van der Waals surface area contributed by atoms with Crippen molar-refractivity contribution < 1.29 is 9.18 Å². The maximum atomic E-state index is 13.8. The number of rotatable bonds is 3. The van der Waals surface area contributed by atoms with E-state index in [-0.39, 0.29) is 16.9 Å². The molecular formula is C15H21FN2O. The van der Waals surface area contributed by atoms with Crippen molar-refractivity contribution in [3.05, 3.63) is 29.6 Å². The Balaban J connectivity index is 2.17. The van der Waals surface area contributed by atoms with Crippen LogP contribution >= 0.6 is 0 Å². The van der Waals surface area contributed by atoms with E-state index in [1.807, 2.05) is 0 Å². The Labute approximate surface area is 113 Å². The van der Waals surface area contributed by atoms with Gasteiger partial charge in [-0.05, 0) is 42.9 Å². The van der Waals surface area contributed by atoms with Crippen LogP contribution in [-0.4, -0.2) is 23.9 Å². The van der Waals surface area contributed by atoms with Gasteiger partial charge in [-0.25, -0.2) is 4.39 Å². The Morgan fingerprint density at radius 3 is 2.63 bits per heavy atom. The lowest BCUT2D eigenvalue weighted by Gasteiger charge is -2.26. The van der Waals surface area contributed by atoms with Gasteiger partial charge in [0.15, 0.2) is 0 Å². The third-order valence-electron chi connectivity index (χ3n) is 4.45. The van der Waals surface area contributed by atoms with E-state index >= 15 is 0 Å². The summed E-state index contributed by atoms with van der Waals surface area (Å²) in [6.07, 6.45) is 3.11. The lowest BCUT2D eigenvalue weighted by molar-refractivity contribution is 0.0765. The molecule has 1 aliphatic rings. The Bertz CT molecular complexity index is 483. The highest BCUT2D eigenvalue weighted by atomic mass is 19.1. The van der Waals surface area contributed by atoms with E-state index in [4.69, 9.17) is 5.73 Å². The summed E-state index contributed by atoms with van der Waals surface area (Å²) >= 11 is 0. The van der Waals surface area contributed by atoms with Crippen molar-refractivity contribution >= 4 is 11.6 Å². The van der Waals surface area contributed by atoms with Crippen molar-refractivity contribution in [2.45, 2.75) is 33.1 Å². The number of amides is 1. The summed E-state index contributed by atoms with van der Waals surface area (Å²) in [5, 5.41) is 0. The lowest BCUT2D eigenvalue weighted by Crippen LogP contribution is -2.32. The molecule has 1 aromatic rings. The van der Waals surface area contributed by atoms with Gasteiger partial charge in [-0.15, -0.1) is 0 Å². The van der Waals surface area contributed by atoms with Crippen molar-refractivity contribution in [2.24, 2.45) is 5.41 Å². The van der Waals surface area contributed by atoms with Crippen molar-refractivity contribution in [3.63, 3.8) is 0 Å². The number of carbonyl (C=O) groups is 1. The SMILES string of the molecule is CCC1(CC)CCN(C(=O)c2ccc(N)cc2F)C1. The second-order valence-electron chi connectivity index (χ2n) is 5.42.